The smallest absolute Gasteiger partial charge is 0.226 e. The summed E-state index contributed by atoms with van der Waals surface area (Å²) in [4.78, 5) is 8.45. The fourth-order valence-corrected chi connectivity index (χ4v) is 2.72. The van der Waals surface area contributed by atoms with Crippen molar-refractivity contribution < 1.29 is 4.74 Å². The summed E-state index contributed by atoms with van der Waals surface area (Å²) in [6.45, 7) is 0.822. The zero-order valence-electron chi connectivity index (χ0n) is 9.40. The molecule has 2 heterocycles. The predicted octanol–water partition coefficient (Wildman–Crippen LogP) is 1.80. The third-order valence-electron chi connectivity index (χ3n) is 3.25. The number of halogens is 1. The lowest BCUT2D eigenvalue weighted by Gasteiger charge is -2.19. The third kappa shape index (κ3) is 2.52. The van der Waals surface area contributed by atoms with Crippen LogP contribution in [0.2, 0.25) is 0 Å². The number of aromatic nitrogens is 2. The van der Waals surface area contributed by atoms with Crippen molar-refractivity contribution in [1.82, 2.24) is 9.97 Å². The maximum atomic E-state index is 5.76. The maximum Gasteiger partial charge on any atom is 0.226 e. The summed E-state index contributed by atoms with van der Waals surface area (Å²) in [5.41, 5.74) is 5.69. The standard InChI is InChI=1S/C11H15BrN4O/c12-8-5-9(13)16-11(15-8)14-7-3-4-17-10(7)6-1-2-6/h5-7,10H,1-4H2,(H3,13,14,15,16). The first-order valence-electron chi connectivity index (χ1n) is 5.90. The Bertz CT molecular complexity index is 404. The normalized spacial score (nSPS) is 28.3. The van der Waals surface area contributed by atoms with E-state index in [4.69, 9.17) is 10.5 Å². The largest absolute Gasteiger partial charge is 0.383 e. The van der Waals surface area contributed by atoms with Crippen molar-refractivity contribution in [2.45, 2.75) is 31.4 Å². The number of nitrogens with two attached hydrogens (primary N) is 1. The summed E-state index contributed by atoms with van der Waals surface area (Å²) in [7, 11) is 0. The van der Waals surface area contributed by atoms with Crippen LogP contribution < -0.4 is 11.1 Å². The maximum absolute atomic E-state index is 5.76. The quantitative estimate of drug-likeness (QED) is 0.833. The molecule has 2 fully saturated rings. The van der Waals surface area contributed by atoms with E-state index in [0.717, 1.165) is 18.9 Å². The van der Waals surface area contributed by atoms with Crippen LogP contribution in [0.3, 0.4) is 0 Å². The van der Waals surface area contributed by atoms with Gasteiger partial charge < -0.3 is 15.8 Å². The second kappa shape index (κ2) is 4.42. The molecular weight excluding hydrogens is 284 g/mol. The van der Waals surface area contributed by atoms with E-state index in [-0.39, 0.29) is 0 Å². The Hall–Kier alpha value is -0.880. The first kappa shape index (κ1) is 11.2. The van der Waals surface area contributed by atoms with E-state index in [1.54, 1.807) is 6.07 Å². The lowest BCUT2D eigenvalue weighted by atomic mass is 10.1. The van der Waals surface area contributed by atoms with Crippen molar-refractivity contribution in [3.05, 3.63) is 10.7 Å². The SMILES string of the molecule is Nc1cc(Br)nc(NC2CCOC2C2CC2)n1. The average molecular weight is 299 g/mol. The highest BCUT2D eigenvalue weighted by Gasteiger charge is 2.40. The van der Waals surface area contributed by atoms with Crippen molar-refractivity contribution in [2.24, 2.45) is 5.92 Å². The lowest BCUT2D eigenvalue weighted by molar-refractivity contribution is 0.0897. The Kier molecular flexibility index (Phi) is 2.92. The van der Waals surface area contributed by atoms with E-state index in [9.17, 15) is 0 Å². The van der Waals surface area contributed by atoms with Gasteiger partial charge in [0.15, 0.2) is 0 Å². The minimum atomic E-state index is 0.316. The number of nitrogens with zero attached hydrogens (tertiary/aromatic N) is 2. The Labute approximate surface area is 108 Å². The van der Waals surface area contributed by atoms with Crippen LogP contribution in [0.15, 0.2) is 10.7 Å². The zero-order chi connectivity index (χ0) is 11.8. The van der Waals surface area contributed by atoms with Gasteiger partial charge in [-0.25, -0.2) is 4.98 Å². The molecule has 92 valence electrons. The number of anilines is 2. The van der Waals surface area contributed by atoms with Crippen LogP contribution in [-0.2, 0) is 4.74 Å². The molecule has 6 heteroatoms. The van der Waals surface area contributed by atoms with Gasteiger partial charge in [0.1, 0.15) is 10.4 Å². The van der Waals surface area contributed by atoms with E-state index in [0.29, 0.717) is 28.5 Å². The van der Waals surface area contributed by atoms with E-state index in [1.165, 1.54) is 12.8 Å². The van der Waals surface area contributed by atoms with Gasteiger partial charge in [0.25, 0.3) is 0 Å². The molecule has 1 saturated heterocycles. The molecule has 0 spiro atoms. The average Bonchev–Trinajstić information content (AvgIpc) is 2.99. The molecule has 0 aromatic carbocycles. The van der Waals surface area contributed by atoms with Gasteiger partial charge in [0.05, 0.1) is 12.1 Å². The highest BCUT2D eigenvalue weighted by Crippen LogP contribution is 2.39. The molecular formula is C11H15BrN4O. The fourth-order valence-electron chi connectivity index (χ4n) is 2.32. The fraction of sp³-hybridized carbons (Fsp3) is 0.636. The van der Waals surface area contributed by atoms with Crippen molar-refractivity contribution in [2.75, 3.05) is 17.7 Å². The number of ether oxygens (including phenoxy) is 1. The Balaban J connectivity index is 1.72. The van der Waals surface area contributed by atoms with E-state index < -0.39 is 0 Å². The number of hydrogen-bond acceptors (Lipinski definition) is 5. The van der Waals surface area contributed by atoms with Crippen molar-refractivity contribution in [1.29, 1.82) is 0 Å². The minimum absolute atomic E-state index is 0.316. The first-order chi connectivity index (χ1) is 8.22. The third-order valence-corrected chi connectivity index (χ3v) is 3.66. The highest BCUT2D eigenvalue weighted by atomic mass is 79.9. The van der Waals surface area contributed by atoms with Gasteiger partial charge >= 0.3 is 0 Å². The van der Waals surface area contributed by atoms with Gasteiger partial charge in [-0.05, 0) is 41.1 Å². The molecule has 0 bridgehead atoms. The van der Waals surface area contributed by atoms with E-state index >= 15 is 0 Å². The molecule has 1 aromatic heterocycles. The molecule has 1 aromatic rings. The van der Waals surface area contributed by atoms with Gasteiger partial charge in [-0.3, -0.25) is 0 Å². The van der Waals surface area contributed by atoms with Gasteiger partial charge in [-0.2, -0.15) is 4.98 Å². The van der Waals surface area contributed by atoms with Crippen LogP contribution in [0.4, 0.5) is 11.8 Å². The monoisotopic (exact) mass is 298 g/mol. The number of rotatable bonds is 3. The summed E-state index contributed by atoms with van der Waals surface area (Å²) < 4.78 is 6.46. The molecule has 0 radical (unpaired) electrons. The number of nitrogens with one attached hydrogen (secondary N) is 1. The van der Waals surface area contributed by atoms with Crippen molar-refractivity contribution in [3.63, 3.8) is 0 Å². The minimum Gasteiger partial charge on any atom is -0.383 e. The second-order valence-corrected chi connectivity index (χ2v) is 5.46. The molecule has 2 unspecified atom stereocenters. The molecule has 1 aliphatic heterocycles. The van der Waals surface area contributed by atoms with Crippen LogP contribution >= 0.6 is 15.9 Å². The molecule has 5 nitrogen and oxygen atoms in total. The van der Waals surface area contributed by atoms with Crippen molar-refractivity contribution >= 4 is 27.7 Å². The molecule has 2 atom stereocenters. The van der Waals surface area contributed by atoms with Gasteiger partial charge in [0.2, 0.25) is 5.95 Å². The highest BCUT2D eigenvalue weighted by molar-refractivity contribution is 9.10. The summed E-state index contributed by atoms with van der Waals surface area (Å²) in [5.74, 6) is 1.77. The number of nitrogen functional groups attached to an aromatic ring is 1. The molecule has 0 amide bonds. The van der Waals surface area contributed by atoms with E-state index in [1.807, 2.05) is 0 Å². The van der Waals surface area contributed by atoms with Gasteiger partial charge in [-0.1, -0.05) is 0 Å². The predicted molar refractivity (Wildman–Crippen MR) is 68.6 cm³/mol. The van der Waals surface area contributed by atoms with Crippen LogP contribution in [0, 0.1) is 5.92 Å². The molecule has 2 aliphatic rings. The van der Waals surface area contributed by atoms with Crippen LogP contribution in [0.5, 0.6) is 0 Å². The van der Waals surface area contributed by atoms with Crippen LogP contribution in [0.25, 0.3) is 0 Å². The van der Waals surface area contributed by atoms with Crippen LogP contribution in [0.1, 0.15) is 19.3 Å². The van der Waals surface area contributed by atoms with Crippen LogP contribution in [-0.4, -0.2) is 28.7 Å². The summed E-state index contributed by atoms with van der Waals surface area (Å²) >= 11 is 3.32. The number of hydrogen-bond donors (Lipinski definition) is 2. The molecule has 17 heavy (non-hydrogen) atoms. The Morgan fingerprint density at radius 1 is 1.35 bits per heavy atom. The summed E-state index contributed by atoms with van der Waals surface area (Å²) in [6, 6.07) is 2.01. The Morgan fingerprint density at radius 3 is 2.88 bits per heavy atom. The summed E-state index contributed by atoms with van der Waals surface area (Å²) in [6.07, 6.45) is 3.89. The molecule has 1 saturated carbocycles. The van der Waals surface area contributed by atoms with Gasteiger partial charge in [-0.15, -0.1) is 0 Å². The lowest BCUT2D eigenvalue weighted by Crippen LogP contribution is -2.31. The first-order valence-corrected chi connectivity index (χ1v) is 6.70. The summed E-state index contributed by atoms with van der Waals surface area (Å²) in [5, 5.41) is 3.34. The second-order valence-electron chi connectivity index (χ2n) is 4.65. The van der Waals surface area contributed by atoms with E-state index in [2.05, 4.69) is 31.2 Å². The topological polar surface area (TPSA) is 73.1 Å². The molecule has 3 rings (SSSR count). The van der Waals surface area contributed by atoms with Gasteiger partial charge in [0, 0.05) is 12.7 Å². The molecule has 3 N–H and O–H groups in total. The van der Waals surface area contributed by atoms with Crippen molar-refractivity contribution in [3.8, 4) is 0 Å². The zero-order valence-corrected chi connectivity index (χ0v) is 11.0. The molecule has 1 aliphatic carbocycles. The Morgan fingerprint density at radius 2 is 2.18 bits per heavy atom.